The molecule has 1 aromatic heterocycles. The fraction of sp³-hybridized carbons (Fsp3) is 0.529. The van der Waals surface area contributed by atoms with E-state index in [1.165, 1.54) is 10.9 Å². The third kappa shape index (κ3) is 3.69. The molecule has 6 nitrogen and oxygen atoms in total. The van der Waals surface area contributed by atoms with Gasteiger partial charge in [-0.1, -0.05) is 15.9 Å². The van der Waals surface area contributed by atoms with Crippen molar-refractivity contribution < 1.29 is 10.2 Å². The summed E-state index contributed by atoms with van der Waals surface area (Å²) in [5.41, 5.74) is 1.44. The van der Waals surface area contributed by atoms with Crippen molar-refractivity contribution in [3.8, 4) is 0 Å². The van der Waals surface area contributed by atoms with Gasteiger partial charge in [0.2, 0.25) is 0 Å². The van der Waals surface area contributed by atoms with Crippen LogP contribution in [-0.4, -0.2) is 44.6 Å². The van der Waals surface area contributed by atoms with Gasteiger partial charge in [0.25, 0.3) is 5.56 Å². The molecule has 0 aliphatic carbocycles. The fourth-order valence-corrected chi connectivity index (χ4v) is 3.88. The third-order valence-corrected chi connectivity index (χ3v) is 5.02. The van der Waals surface area contributed by atoms with Gasteiger partial charge in [-0.3, -0.25) is 9.36 Å². The van der Waals surface area contributed by atoms with Crippen LogP contribution in [0, 0.1) is 6.92 Å². The van der Waals surface area contributed by atoms with Crippen molar-refractivity contribution in [1.29, 1.82) is 0 Å². The highest BCUT2D eigenvalue weighted by molar-refractivity contribution is 9.10. The lowest BCUT2D eigenvalue weighted by atomic mass is 9.96. The molecule has 0 amide bonds. The number of piperidine rings is 1. The van der Waals surface area contributed by atoms with Crippen LogP contribution in [0.1, 0.15) is 24.8 Å². The van der Waals surface area contributed by atoms with Gasteiger partial charge in [-0.25, -0.2) is 4.98 Å². The highest BCUT2D eigenvalue weighted by atomic mass is 79.9. The predicted octanol–water partition coefficient (Wildman–Crippen LogP) is 1.33. The first-order chi connectivity index (χ1) is 11.5. The summed E-state index contributed by atoms with van der Waals surface area (Å²) >= 11 is 3.40. The number of benzene rings is 1. The minimum atomic E-state index is -0.722. The van der Waals surface area contributed by atoms with Gasteiger partial charge in [0.15, 0.2) is 0 Å². The van der Waals surface area contributed by atoms with Crippen LogP contribution in [0.2, 0.25) is 0 Å². The van der Waals surface area contributed by atoms with E-state index in [0.29, 0.717) is 17.3 Å². The van der Waals surface area contributed by atoms with E-state index in [0.717, 1.165) is 29.4 Å². The van der Waals surface area contributed by atoms with Gasteiger partial charge in [-0.2, -0.15) is 0 Å². The SMILES string of the molecule is Cc1cc(Br)cc2c(=O)n(C[C@@H](O)C[C@H]3NCCC[C@@H]3O)cnc12. The van der Waals surface area contributed by atoms with Crippen LogP contribution in [0.25, 0.3) is 10.9 Å². The van der Waals surface area contributed by atoms with E-state index in [-0.39, 0.29) is 18.1 Å². The molecule has 3 N–H and O–H groups in total. The summed E-state index contributed by atoms with van der Waals surface area (Å²) in [5, 5.41) is 24.1. The van der Waals surface area contributed by atoms with E-state index in [1.807, 2.05) is 13.0 Å². The van der Waals surface area contributed by atoms with Crippen LogP contribution in [0.15, 0.2) is 27.7 Å². The fourth-order valence-electron chi connectivity index (χ4n) is 3.31. The number of aromatic nitrogens is 2. The van der Waals surface area contributed by atoms with E-state index in [4.69, 9.17) is 0 Å². The maximum absolute atomic E-state index is 12.7. The Kier molecular flexibility index (Phi) is 5.34. The zero-order chi connectivity index (χ0) is 17.3. The lowest BCUT2D eigenvalue weighted by molar-refractivity contribution is 0.0539. The second-order valence-electron chi connectivity index (χ2n) is 6.48. The van der Waals surface area contributed by atoms with Gasteiger partial charge in [0, 0.05) is 10.5 Å². The molecule has 2 aromatic rings. The summed E-state index contributed by atoms with van der Waals surface area (Å²) in [6.07, 6.45) is 2.41. The number of aliphatic hydroxyl groups excluding tert-OH is 2. The second kappa shape index (κ2) is 7.31. The number of halogens is 1. The number of fused-ring (bicyclic) bond motifs is 1. The maximum Gasteiger partial charge on any atom is 0.261 e. The molecule has 1 saturated heterocycles. The lowest BCUT2D eigenvalue weighted by Crippen LogP contribution is -2.47. The van der Waals surface area contributed by atoms with Crippen molar-refractivity contribution in [2.75, 3.05) is 6.54 Å². The summed E-state index contributed by atoms with van der Waals surface area (Å²) in [7, 11) is 0. The standard InChI is InChI=1S/C17H22BrN3O3/c1-10-5-11(18)6-13-16(10)20-9-21(17(13)24)8-12(22)7-14-15(23)3-2-4-19-14/h5-6,9,12,14-15,19,22-23H,2-4,7-8H2,1H3/t12-,14+,15-/m0/s1. The summed E-state index contributed by atoms with van der Waals surface area (Å²) in [4.78, 5) is 17.0. The average Bonchev–Trinajstić information content (AvgIpc) is 2.53. The molecule has 0 radical (unpaired) electrons. The molecule has 130 valence electrons. The van der Waals surface area contributed by atoms with Crippen LogP contribution in [0.3, 0.4) is 0 Å². The van der Waals surface area contributed by atoms with Crippen molar-refractivity contribution in [2.45, 2.75) is 51.0 Å². The number of nitrogens with one attached hydrogen (secondary N) is 1. The van der Waals surface area contributed by atoms with Crippen LogP contribution < -0.4 is 10.9 Å². The predicted molar refractivity (Wildman–Crippen MR) is 96.1 cm³/mol. The molecule has 2 heterocycles. The highest BCUT2D eigenvalue weighted by Crippen LogP contribution is 2.20. The van der Waals surface area contributed by atoms with E-state index >= 15 is 0 Å². The molecule has 1 aliphatic heterocycles. The molecule has 3 rings (SSSR count). The van der Waals surface area contributed by atoms with E-state index in [9.17, 15) is 15.0 Å². The Morgan fingerprint density at radius 2 is 2.29 bits per heavy atom. The van der Waals surface area contributed by atoms with Crippen LogP contribution in [0.5, 0.6) is 0 Å². The molecule has 24 heavy (non-hydrogen) atoms. The Morgan fingerprint density at radius 1 is 1.50 bits per heavy atom. The van der Waals surface area contributed by atoms with Crippen molar-refractivity contribution >= 4 is 26.8 Å². The lowest BCUT2D eigenvalue weighted by Gasteiger charge is -2.30. The number of hydrogen-bond donors (Lipinski definition) is 3. The minimum absolute atomic E-state index is 0.130. The molecule has 1 aromatic carbocycles. The highest BCUT2D eigenvalue weighted by Gasteiger charge is 2.25. The van der Waals surface area contributed by atoms with Crippen LogP contribution in [0.4, 0.5) is 0 Å². The number of rotatable bonds is 4. The van der Waals surface area contributed by atoms with Crippen molar-refractivity contribution in [3.63, 3.8) is 0 Å². The van der Waals surface area contributed by atoms with Gasteiger partial charge >= 0.3 is 0 Å². The van der Waals surface area contributed by atoms with Gasteiger partial charge in [0.1, 0.15) is 0 Å². The second-order valence-corrected chi connectivity index (χ2v) is 7.40. The summed E-state index contributed by atoms with van der Waals surface area (Å²) in [5.74, 6) is 0. The smallest absolute Gasteiger partial charge is 0.261 e. The molecule has 1 aliphatic rings. The molecule has 7 heteroatoms. The zero-order valence-corrected chi connectivity index (χ0v) is 15.2. The topological polar surface area (TPSA) is 87.4 Å². The van der Waals surface area contributed by atoms with Crippen LogP contribution >= 0.6 is 15.9 Å². The number of nitrogens with zero attached hydrogens (tertiary/aromatic N) is 2. The van der Waals surface area contributed by atoms with Gasteiger partial charge in [0.05, 0.1) is 36.0 Å². The normalized spacial score (nSPS) is 22.7. The summed E-state index contributed by atoms with van der Waals surface area (Å²) in [6.45, 7) is 2.92. The summed E-state index contributed by atoms with van der Waals surface area (Å²) in [6, 6.07) is 3.55. The Balaban J connectivity index is 1.79. The Labute approximate surface area is 148 Å². The molecule has 0 unspecified atom stereocenters. The Morgan fingerprint density at radius 3 is 3.04 bits per heavy atom. The Bertz CT molecular complexity index is 792. The number of aryl methyl sites for hydroxylation is 1. The van der Waals surface area contributed by atoms with Gasteiger partial charge in [-0.15, -0.1) is 0 Å². The average molecular weight is 396 g/mol. The number of hydrogen-bond acceptors (Lipinski definition) is 5. The van der Waals surface area contributed by atoms with Crippen molar-refractivity contribution in [1.82, 2.24) is 14.9 Å². The monoisotopic (exact) mass is 395 g/mol. The van der Waals surface area contributed by atoms with Crippen LogP contribution in [-0.2, 0) is 6.54 Å². The first-order valence-electron chi connectivity index (χ1n) is 8.20. The first-order valence-corrected chi connectivity index (χ1v) is 9.00. The molecule has 0 spiro atoms. The van der Waals surface area contributed by atoms with Gasteiger partial charge in [-0.05, 0) is 50.4 Å². The molecule has 1 fully saturated rings. The molecular formula is C17H22BrN3O3. The first kappa shape index (κ1) is 17.5. The largest absolute Gasteiger partial charge is 0.392 e. The molecular weight excluding hydrogens is 374 g/mol. The van der Waals surface area contributed by atoms with Crippen molar-refractivity contribution in [3.05, 3.63) is 38.9 Å². The maximum atomic E-state index is 12.7. The molecule has 0 bridgehead atoms. The van der Waals surface area contributed by atoms with E-state index in [1.54, 1.807) is 6.07 Å². The Hall–Kier alpha value is -1.28. The van der Waals surface area contributed by atoms with E-state index < -0.39 is 12.2 Å². The minimum Gasteiger partial charge on any atom is -0.392 e. The van der Waals surface area contributed by atoms with Gasteiger partial charge < -0.3 is 15.5 Å². The quantitative estimate of drug-likeness (QED) is 0.726. The summed E-state index contributed by atoms with van der Waals surface area (Å²) < 4.78 is 2.27. The molecule has 0 saturated carbocycles. The molecule has 3 atom stereocenters. The van der Waals surface area contributed by atoms with Crippen molar-refractivity contribution in [2.24, 2.45) is 0 Å². The van der Waals surface area contributed by atoms with E-state index in [2.05, 4.69) is 26.2 Å². The zero-order valence-electron chi connectivity index (χ0n) is 13.6. The number of aliphatic hydroxyl groups is 2. The third-order valence-electron chi connectivity index (χ3n) is 4.56.